The van der Waals surface area contributed by atoms with E-state index >= 15 is 0 Å². The van der Waals surface area contributed by atoms with E-state index in [-0.39, 0.29) is 0 Å². The Hall–Kier alpha value is -0.770. The van der Waals surface area contributed by atoms with E-state index in [9.17, 15) is 8.78 Å². The molecule has 13 heavy (non-hydrogen) atoms. The lowest BCUT2D eigenvalue weighted by molar-refractivity contribution is 0.252. The summed E-state index contributed by atoms with van der Waals surface area (Å²) in [7, 11) is 1.56. The van der Waals surface area contributed by atoms with Crippen molar-refractivity contribution in [1.82, 2.24) is 0 Å². The Labute approximate surface area is 80.1 Å². The van der Waals surface area contributed by atoms with Crippen LogP contribution in [-0.4, -0.2) is 12.9 Å². The van der Waals surface area contributed by atoms with Crippen molar-refractivity contribution in [3.8, 4) is 5.75 Å². The Morgan fingerprint density at radius 1 is 1.38 bits per heavy atom. The molecule has 0 unspecified atom stereocenters. The van der Waals surface area contributed by atoms with Gasteiger partial charge in [0.2, 0.25) is 0 Å². The maximum atomic E-state index is 12.0. The van der Waals surface area contributed by atoms with Gasteiger partial charge in [-0.1, -0.05) is 11.8 Å². The molecule has 0 radical (unpaired) electrons. The quantitative estimate of drug-likeness (QED) is 0.698. The van der Waals surface area contributed by atoms with Gasteiger partial charge in [0.25, 0.3) is 5.76 Å². The molecule has 1 aromatic carbocycles. The van der Waals surface area contributed by atoms with Crippen molar-refractivity contribution in [1.29, 1.82) is 0 Å². The van der Waals surface area contributed by atoms with E-state index in [1.54, 1.807) is 25.3 Å². The molecule has 0 saturated heterocycles. The summed E-state index contributed by atoms with van der Waals surface area (Å²) in [5, 5.41) is 0. The summed E-state index contributed by atoms with van der Waals surface area (Å²) < 4.78 is 28.9. The minimum absolute atomic E-state index is 0.543. The number of alkyl halides is 2. The highest BCUT2D eigenvalue weighted by atomic mass is 32.2. The lowest BCUT2D eigenvalue weighted by Gasteiger charge is -2.06. The molecule has 0 aromatic heterocycles. The third kappa shape index (κ3) is 2.88. The van der Waals surface area contributed by atoms with Crippen LogP contribution in [0.25, 0.3) is 0 Å². The van der Waals surface area contributed by atoms with Crippen LogP contribution >= 0.6 is 11.8 Å². The molecule has 0 aliphatic carbocycles. The van der Waals surface area contributed by atoms with E-state index < -0.39 is 5.76 Å². The van der Waals surface area contributed by atoms with Gasteiger partial charge in [-0.3, -0.25) is 0 Å². The van der Waals surface area contributed by atoms with Gasteiger partial charge in [-0.2, -0.15) is 8.78 Å². The van der Waals surface area contributed by atoms with Gasteiger partial charge in [-0.15, -0.1) is 0 Å². The van der Waals surface area contributed by atoms with E-state index in [4.69, 9.17) is 4.74 Å². The first-order chi connectivity index (χ1) is 6.13. The number of methoxy groups -OCH3 is 1. The smallest absolute Gasteiger partial charge is 0.288 e. The predicted molar refractivity (Wildman–Crippen MR) is 49.6 cm³/mol. The monoisotopic (exact) mass is 204 g/mol. The third-order valence-corrected chi connectivity index (χ3v) is 2.30. The van der Waals surface area contributed by atoms with Gasteiger partial charge >= 0.3 is 0 Å². The van der Waals surface area contributed by atoms with E-state index in [2.05, 4.69) is 0 Å². The highest BCUT2D eigenvalue weighted by molar-refractivity contribution is 7.99. The summed E-state index contributed by atoms with van der Waals surface area (Å²) in [6.07, 6.45) is 0. The SMILES string of the molecule is COc1ccc(SC(F)F)cc1C. The van der Waals surface area contributed by atoms with Crippen molar-refractivity contribution in [2.24, 2.45) is 0 Å². The van der Waals surface area contributed by atoms with Crippen molar-refractivity contribution in [3.63, 3.8) is 0 Å². The van der Waals surface area contributed by atoms with Crippen molar-refractivity contribution >= 4 is 11.8 Å². The Morgan fingerprint density at radius 2 is 2.08 bits per heavy atom. The molecule has 0 fully saturated rings. The molecule has 72 valence electrons. The summed E-state index contributed by atoms with van der Waals surface area (Å²) in [5.74, 6) is -1.65. The molecule has 0 aliphatic rings. The summed E-state index contributed by atoms with van der Waals surface area (Å²) in [6.45, 7) is 1.83. The molecule has 0 bridgehead atoms. The Kier molecular flexibility index (Phi) is 3.54. The number of hydrogen-bond acceptors (Lipinski definition) is 2. The van der Waals surface area contributed by atoms with E-state index in [1.807, 2.05) is 6.92 Å². The highest BCUT2D eigenvalue weighted by Crippen LogP contribution is 2.29. The van der Waals surface area contributed by atoms with Crippen LogP contribution in [0.4, 0.5) is 8.78 Å². The van der Waals surface area contributed by atoms with Crippen LogP contribution in [0.2, 0.25) is 0 Å². The van der Waals surface area contributed by atoms with Crippen LogP contribution in [0.3, 0.4) is 0 Å². The zero-order chi connectivity index (χ0) is 9.84. The Morgan fingerprint density at radius 3 is 2.54 bits per heavy atom. The van der Waals surface area contributed by atoms with Crippen LogP contribution in [0.15, 0.2) is 23.1 Å². The topological polar surface area (TPSA) is 9.23 Å². The second-order valence-electron chi connectivity index (χ2n) is 2.51. The Bertz CT molecular complexity index is 289. The van der Waals surface area contributed by atoms with Gasteiger partial charge in [0.05, 0.1) is 7.11 Å². The number of thioether (sulfide) groups is 1. The maximum Gasteiger partial charge on any atom is 0.288 e. The molecule has 0 heterocycles. The average Bonchev–Trinajstić information content (AvgIpc) is 2.03. The van der Waals surface area contributed by atoms with Crippen LogP contribution in [-0.2, 0) is 0 Å². The number of rotatable bonds is 3. The van der Waals surface area contributed by atoms with Crippen LogP contribution in [0.1, 0.15) is 5.56 Å². The zero-order valence-electron chi connectivity index (χ0n) is 7.38. The molecule has 0 saturated carbocycles. The van der Waals surface area contributed by atoms with Crippen LogP contribution in [0.5, 0.6) is 5.75 Å². The second-order valence-corrected chi connectivity index (χ2v) is 3.57. The van der Waals surface area contributed by atoms with Crippen molar-refractivity contribution in [3.05, 3.63) is 23.8 Å². The van der Waals surface area contributed by atoms with Gasteiger partial charge in [0, 0.05) is 4.90 Å². The molecule has 0 N–H and O–H groups in total. The number of hydrogen-bond donors (Lipinski definition) is 0. The molecule has 0 aliphatic heterocycles. The van der Waals surface area contributed by atoms with Crippen LogP contribution in [0, 0.1) is 6.92 Å². The van der Waals surface area contributed by atoms with E-state index in [0.29, 0.717) is 16.7 Å². The van der Waals surface area contributed by atoms with Crippen molar-refractivity contribution < 1.29 is 13.5 Å². The van der Waals surface area contributed by atoms with Gasteiger partial charge in [0.1, 0.15) is 5.75 Å². The van der Waals surface area contributed by atoms with Gasteiger partial charge in [-0.25, -0.2) is 0 Å². The molecule has 4 heteroatoms. The molecule has 1 aromatic rings. The summed E-state index contributed by atoms with van der Waals surface area (Å²) >= 11 is 0.543. The largest absolute Gasteiger partial charge is 0.496 e. The molecule has 0 atom stereocenters. The predicted octanol–water partition coefficient (Wildman–Crippen LogP) is 3.32. The fraction of sp³-hybridized carbons (Fsp3) is 0.333. The molecule has 0 spiro atoms. The fourth-order valence-corrected chi connectivity index (χ4v) is 1.62. The molecular formula is C9H10F2OS. The normalized spacial score (nSPS) is 10.5. The number of halogens is 2. The van der Waals surface area contributed by atoms with Gasteiger partial charge in [0.15, 0.2) is 0 Å². The lowest BCUT2D eigenvalue weighted by atomic mass is 10.2. The second kappa shape index (κ2) is 4.46. The number of benzene rings is 1. The lowest BCUT2D eigenvalue weighted by Crippen LogP contribution is -1.88. The molecule has 1 rings (SSSR count). The van der Waals surface area contributed by atoms with Crippen LogP contribution < -0.4 is 4.74 Å². The maximum absolute atomic E-state index is 12.0. The van der Waals surface area contributed by atoms with Crippen molar-refractivity contribution in [2.75, 3.05) is 7.11 Å². The third-order valence-electron chi connectivity index (χ3n) is 1.59. The highest BCUT2D eigenvalue weighted by Gasteiger charge is 2.06. The average molecular weight is 204 g/mol. The first kappa shape index (κ1) is 10.3. The minimum atomic E-state index is -2.37. The summed E-state index contributed by atoms with van der Waals surface area (Å²) in [5.41, 5.74) is 0.869. The Balaban J connectivity index is 2.83. The molecule has 0 amide bonds. The first-order valence-electron chi connectivity index (χ1n) is 3.73. The summed E-state index contributed by atoms with van der Waals surface area (Å²) in [6, 6.07) is 5.01. The van der Waals surface area contributed by atoms with Gasteiger partial charge in [-0.05, 0) is 30.7 Å². The van der Waals surface area contributed by atoms with E-state index in [1.165, 1.54) is 0 Å². The molecular weight excluding hydrogens is 194 g/mol. The standard InChI is InChI=1S/C9H10F2OS/c1-6-5-7(13-9(10)11)3-4-8(6)12-2/h3-5,9H,1-2H3. The fourth-order valence-electron chi connectivity index (χ4n) is 1.03. The first-order valence-corrected chi connectivity index (χ1v) is 4.61. The number of aryl methyl sites for hydroxylation is 1. The van der Waals surface area contributed by atoms with E-state index in [0.717, 1.165) is 11.3 Å². The summed E-state index contributed by atoms with van der Waals surface area (Å²) in [4.78, 5) is 0.563. The van der Waals surface area contributed by atoms with Gasteiger partial charge < -0.3 is 4.74 Å². The van der Waals surface area contributed by atoms with Crippen molar-refractivity contribution in [2.45, 2.75) is 17.6 Å². The minimum Gasteiger partial charge on any atom is -0.496 e. The zero-order valence-corrected chi connectivity index (χ0v) is 8.20. The molecule has 1 nitrogen and oxygen atoms in total. The number of ether oxygens (including phenoxy) is 1.